The lowest BCUT2D eigenvalue weighted by atomic mass is 10.1. The van der Waals surface area contributed by atoms with Gasteiger partial charge in [-0.3, -0.25) is 0 Å². The average Bonchev–Trinajstić information content (AvgIpc) is 2.75. The number of rotatable bonds is 3. The summed E-state index contributed by atoms with van der Waals surface area (Å²) in [6.07, 6.45) is 3.70. The summed E-state index contributed by atoms with van der Waals surface area (Å²) in [4.78, 5) is 13.5. The summed E-state index contributed by atoms with van der Waals surface area (Å²) in [7, 11) is 3.85. The molecule has 0 saturated carbocycles. The Morgan fingerprint density at radius 2 is 2.00 bits per heavy atom. The highest BCUT2D eigenvalue weighted by molar-refractivity contribution is 5.63. The molecule has 2 aromatic heterocycles. The van der Waals surface area contributed by atoms with E-state index in [1.54, 1.807) is 6.20 Å². The van der Waals surface area contributed by atoms with Crippen LogP contribution in [0.1, 0.15) is 31.2 Å². The summed E-state index contributed by atoms with van der Waals surface area (Å²) in [6, 6.07) is 0. The van der Waals surface area contributed by atoms with Crippen molar-refractivity contribution < 1.29 is 0 Å². The molecule has 0 aromatic carbocycles. The first-order valence-corrected chi connectivity index (χ1v) is 6.08. The Labute approximate surface area is 107 Å². The monoisotopic (exact) mass is 245 g/mol. The quantitative estimate of drug-likeness (QED) is 0.901. The normalized spacial score (nSPS) is 11.0. The van der Waals surface area contributed by atoms with Crippen LogP contribution in [0.5, 0.6) is 0 Å². The number of hydrogen-bond donors (Lipinski definition) is 1. The molecule has 0 aliphatic heterocycles. The third-order valence-corrected chi connectivity index (χ3v) is 2.95. The second-order valence-electron chi connectivity index (χ2n) is 4.67. The predicted octanol–water partition coefficient (Wildman–Crippen LogP) is 2.35. The fraction of sp³-hybridized carbons (Fsp3) is 0.462. The van der Waals surface area contributed by atoms with Gasteiger partial charge in [0, 0.05) is 38.0 Å². The van der Waals surface area contributed by atoms with Crippen LogP contribution in [0.15, 0.2) is 12.4 Å². The maximum absolute atomic E-state index is 4.65. The van der Waals surface area contributed by atoms with Crippen LogP contribution in [0.4, 0.5) is 5.82 Å². The summed E-state index contributed by atoms with van der Waals surface area (Å²) in [5.74, 6) is 2.86. The highest BCUT2D eigenvalue weighted by Crippen LogP contribution is 2.26. The summed E-state index contributed by atoms with van der Waals surface area (Å²) in [6.45, 7) is 6.19. The Balaban J connectivity index is 2.66. The van der Waals surface area contributed by atoms with Crippen molar-refractivity contribution in [1.29, 1.82) is 0 Å². The molecule has 0 aliphatic carbocycles. The van der Waals surface area contributed by atoms with Gasteiger partial charge >= 0.3 is 0 Å². The van der Waals surface area contributed by atoms with E-state index in [4.69, 9.17) is 0 Å². The summed E-state index contributed by atoms with van der Waals surface area (Å²) in [5.41, 5.74) is 1.92. The number of aryl methyl sites for hydroxylation is 1. The van der Waals surface area contributed by atoms with Crippen LogP contribution < -0.4 is 5.32 Å². The molecule has 2 aromatic rings. The molecule has 2 heterocycles. The maximum atomic E-state index is 4.65. The van der Waals surface area contributed by atoms with Gasteiger partial charge in [0.1, 0.15) is 17.3 Å². The second kappa shape index (κ2) is 4.76. The van der Waals surface area contributed by atoms with E-state index in [-0.39, 0.29) is 5.92 Å². The zero-order valence-electron chi connectivity index (χ0n) is 11.5. The van der Waals surface area contributed by atoms with Gasteiger partial charge in [0.25, 0.3) is 0 Å². The van der Waals surface area contributed by atoms with Gasteiger partial charge in [-0.15, -0.1) is 0 Å². The van der Waals surface area contributed by atoms with Crippen LogP contribution in [-0.2, 0) is 7.05 Å². The first-order valence-electron chi connectivity index (χ1n) is 6.08. The van der Waals surface area contributed by atoms with Gasteiger partial charge in [0.15, 0.2) is 5.82 Å². The van der Waals surface area contributed by atoms with Crippen molar-refractivity contribution in [2.75, 3.05) is 12.4 Å². The zero-order valence-corrected chi connectivity index (χ0v) is 11.5. The Bertz CT molecular complexity index is 557. The van der Waals surface area contributed by atoms with Crippen LogP contribution in [-0.4, -0.2) is 26.6 Å². The molecule has 1 N–H and O–H groups in total. The minimum atomic E-state index is 0.289. The number of nitrogens with one attached hydrogen (secondary N) is 1. The van der Waals surface area contributed by atoms with Crippen LogP contribution in [0, 0.1) is 6.92 Å². The van der Waals surface area contributed by atoms with Gasteiger partial charge in [0.2, 0.25) is 0 Å². The van der Waals surface area contributed by atoms with Crippen molar-refractivity contribution in [2.45, 2.75) is 26.7 Å². The minimum Gasteiger partial charge on any atom is -0.373 e. The van der Waals surface area contributed by atoms with Crippen LogP contribution in [0.3, 0.4) is 0 Å². The van der Waals surface area contributed by atoms with E-state index in [0.29, 0.717) is 0 Å². The van der Waals surface area contributed by atoms with E-state index in [1.165, 1.54) is 0 Å². The molecular weight excluding hydrogens is 226 g/mol. The molecular formula is C13H19N5. The third-order valence-electron chi connectivity index (χ3n) is 2.95. The molecule has 5 heteroatoms. The number of hydrogen-bond acceptors (Lipinski definition) is 4. The molecule has 0 bridgehead atoms. The minimum absolute atomic E-state index is 0.289. The molecule has 0 amide bonds. The number of aromatic nitrogens is 4. The van der Waals surface area contributed by atoms with Gasteiger partial charge in [-0.2, -0.15) is 0 Å². The molecule has 0 fully saturated rings. The lowest BCUT2D eigenvalue weighted by Crippen LogP contribution is -2.08. The van der Waals surface area contributed by atoms with Crippen molar-refractivity contribution in [3.05, 3.63) is 23.8 Å². The highest BCUT2D eigenvalue weighted by Gasteiger charge is 2.16. The van der Waals surface area contributed by atoms with E-state index in [2.05, 4.69) is 34.1 Å². The van der Waals surface area contributed by atoms with E-state index >= 15 is 0 Å². The predicted molar refractivity (Wildman–Crippen MR) is 72.6 cm³/mol. The highest BCUT2D eigenvalue weighted by atomic mass is 15.1. The number of imidazole rings is 1. The van der Waals surface area contributed by atoms with E-state index in [1.807, 2.05) is 31.8 Å². The van der Waals surface area contributed by atoms with Crippen LogP contribution in [0.25, 0.3) is 11.5 Å². The van der Waals surface area contributed by atoms with Crippen molar-refractivity contribution in [1.82, 2.24) is 19.5 Å². The molecule has 0 radical (unpaired) electrons. The van der Waals surface area contributed by atoms with Gasteiger partial charge in [-0.25, -0.2) is 15.0 Å². The third kappa shape index (κ3) is 2.08. The van der Waals surface area contributed by atoms with Crippen molar-refractivity contribution in [2.24, 2.45) is 7.05 Å². The van der Waals surface area contributed by atoms with E-state index < -0.39 is 0 Å². The number of anilines is 1. The number of nitrogens with zero attached hydrogens (tertiary/aromatic N) is 4. The Morgan fingerprint density at radius 3 is 2.50 bits per heavy atom. The molecule has 0 aliphatic rings. The molecule has 0 atom stereocenters. The van der Waals surface area contributed by atoms with Gasteiger partial charge < -0.3 is 9.88 Å². The lowest BCUT2D eigenvalue weighted by Gasteiger charge is -2.13. The fourth-order valence-electron chi connectivity index (χ4n) is 1.85. The van der Waals surface area contributed by atoms with Crippen LogP contribution in [0.2, 0.25) is 0 Å². The summed E-state index contributed by atoms with van der Waals surface area (Å²) in [5, 5.41) is 3.12. The van der Waals surface area contributed by atoms with Gasteiger partial charge in [-0.05, 0) is 6.92 Å². The topological polar surface area (TPSA) is 55.6 Å². The van der Waals surface area contributed by atoms with Crippen molar-refractivity contribution in [3.8, 4) is 11.5 Å². The molecule has 2 rings (SSSR count). The summed E-state index contributed by atoms with van der Waals surface area (Å²) < 4.78 is 1.97. The van der Waals surface area contributed by atoms with Crippen LogP contribution >= 0.6 is 0 Å². The molecule has 0 spiro atoms. The molecule has 96 valence electrons. The Morgan fingerprint density at radius 1 is 1.28 bits per heavy atom. The van der Waals surface area contributed by atoms with Gasteiger partial charge in [0.05, 0.1) is 0 Å². The fourth-order valence-corrected chi connectivity index (χ4v) is 1.85. The van der Waals surface area contributed by atoms with E-state index in [9.17, 15) is 0 Å². The zero-order chi connectivity index (χ0) is 13.3. The van der Waals surface area contributed by atoms with E-state index in [0.717, 1.165) is 28.7 Å². The standard InChI is InChI=1S/C13H19N5/c1-8(2)11-16-10(9(3)12(14-4)17-11)13-15-6-7-18(13)5/h6-8H,1-5H3,(H,14,16,17). The SMILES string of the molecule is CNc1nc(C(C)C)nc(-c2nccn2C)c1C. The largest absolute Gasteiger partial charge is 0.373 e. The second-order valence-corrected chi connectivity index (χ2v) is 4.67. The average molecular weight is 245 g/mol. The maximum Gasteiger partial charge on any atom is 0.158 e. The lowest BCUT2D eigenvalue weighted by molar-refractivity contribution is 0.771. The Hall–Kier alpha value is -1.91. The molecule has 0 saturated heterocycles. The molecule has 18 heavy (non-hydrogen) atoms. The summed E-state index contributed by atoms with van der Waals surface area (Å²) >= 11 is 0. The van der Waals surface area contributed by atoms with Crippen molar-refractivity contribution in [3.63, 3.8) is 0 Å². The first kappa shape index (κ1) is 12.5. The smallest absolute Gasteiger partial charge is 0.158 e. The molecule has 0 unspecified atom stereocenters. The first-order chi connectivity index (χ1) is 8.54. The van der Waals surface area contributed by atoms with Gasteiger partial charge in [-0.1, -0.05) is 13.8 Å². The molecule has 5 nitrogen and oxygen atoms in total. The Kier molecular flexibility index (Phi) is 3.32. The van der Waals surface area contributed by atoms with Crippen molar-refractivity contribution >= 4 is 5.82 Å².